The Labute approximate surface area is 131 Å². The maximum atomic E-state index is 12.4. The molecule has 1 saturated carbocycles. The van der Waals surface area contributed by atoms with Crippen LogP contribution in [0.3, 0.4) is 0 Å². The Morgan fingerprint density at radius 1 is 1.18 bits per heavy atom. The van der Waals surface area contributed by atoms with Crippen LogP contribution >= 0.6 is 0 Å². The minimum absolute atomic E-state index is 0.0186. The number of carbonyl (C=O) groups excluding carboxylic acids is 3. The van der Waals surface area contributed by atoms with Gasteiger partial charge in [0.15, 0.2) is 0 Å². The molecular formula is C16H25NO5. The second kappa shape index (κ2) is 6.67. The predicted octanol–water partition coefficient (Wildman–Crippen LogP) is 2.44. The van der Waals surface area contributed by atoms with Crippen LogP contribution in [0.4, 0.5) is 4.79 Å². The monoisotopic (exact) mass is 311 g/mol. The lowest BCUT2D eigenvalue weighted by Crippen LogP contribution is -2.52. The smallest absolute Gasteiger partial charge is 0.411 e. The second-order valence-electron chi connectivity index (χ2n) is 7.03. The van der Waals surface area contributed by atoms with Gasteiger partial charge < -0.3 is 9.47 Å². The number of carbonyl (C=O) groups is 3. The van der Waals surface area contributed by atoms with Crippen molar-refractivity contribution >= 4 is 17.8 Å². The number of hydrogen-bond donors (Lipinski definition) is 0. The van der Waals surface area contributed by atoms with Crippen molar-refractivity contribution in [3.05, 3.63) is 0 Å². The number of hydrogen-bond acceptors (Lipinski definition) is 5. The van der Waals surface area contributed by atoms with Gasteiger partial charge in [-0.3, -0.25) is 9.69 Å². The number of piperidine rings is 1. The molecule has 1 amide bonds. The lowest BCUT2D eigenvalue weighted by molar-refractivity contribution is -0.158. The first-order valence-electron chi connectivity index (χ1n) is 7.98. The lowest BCUT2D eigenvalue weighted by atomic mass is 10.0. The maximum Gasteiger partial charge on any atom is 0.411 e. The fourth-order valence-electron chi connectivity index (χ4n) is 2.83. The number of Topliss-reactive ketones (excluding diaryl/α,β-unsaturated/α-hetero) is 1. The SMILES string of the molecule is CC(C)(C)OC(=O)N1CCC(=O)CC1C(=O)OC1CCCC1. The summed E-state index contributed by atoms with van der Waals surface area (Å²) in [5, 5.41) is 0. The molecule has 0 aromatic heterocycles. The van der Waals surface area contributed by atoms with E-state index in [9.17, 15) is 14.4 Å². The topological polar surface area (TPSA) is 72.9 Å². The van der Waals surface area contributed by atoms with Gasteiger partial charge in [-0.05, 0) is 46.5 Å². The van der Waals surface area contributed by atoms with Crippen LogP contribution in [-0.4, -0.2) is 47.0 Å². The highest BCUT2D eigenvalue weighted by Gasteiger charge is 2.39. The molecule has 0 N–H and O–H groups in total. The first kappa shape index (κ1) is 16.8. The van der Waals surface area contributed by atoms with E-state index in [1.54, 1.807) is 20.8 Å². The van der Waals surface area contributed by atoms with Gasteiger partial charge in [0.1, 0.15) is 23.5 Å². The number of likely N-dealkylation sites (tertiary alicyclic amines) is 1. The van der Waals surface area contributed by atoms with Gasteiger partial charge in [0.25, 0.3) is 0 Å². The summed E-state index contributed by atoms with van der Waals surface area (Å²) in [6.07, 6.45) is 3.46. The van der Waals surface area contributed by atoms with E-state index in [0.29, 0.717) is 0 Å². The first-order valence-corrected chi connectivity index (χ1v) is 7.98. The standard InChI is InChI=1S/C16H25NO5/c1-16(2,3)22-15(20)17-9-8-11(18)10-13(17)14(19)21-12-6-4-5-7-12/h12-13H,4-10H2,1-3H3. The van der Waals surface area contributed by atoms with E-state index in [0.717, 1.165) is 25.7 Å². The van der Waals surface area contributed by atoms with Crippen molar-refractivity contribution in [2.75, 3.05) is 6.54 Å². The highest BCUT2D eigenvalue weighted by molar-refractivity contribution is 5.91. The van der Waals surface area contributed by atoms with E-state index in [-0.39, 0.29) is 31.3 Å². The van der Waals surface area contributed by atoms with Gasteiger partial charge in [0, 0.05) is 19.4 Å². The van der Waals surface area contributed by atoms with Crippen molar-refractivity contribution in [3.8, 4) is 0 Å². The van der Waals surface area contributed by atoms with Crippen LogP contribution in [0, 0.1) is 0 Å². The molecule has 1 atom stereocenters. The number of rotatable bonds is 2. The molecule has 0 bridgehead atoms. The molecule has 1 unspecified atom stereocenters. The predicted molar refractivity (Wildman–Crippen MR) is 79.3 cm³/mol. The Kier molecular flexibility index (Phi) is 5.08. The van der Waals surface area contributed by atoms with E-state index in [2.05, 4.69) is 0 Å². The molecule has 0 aromatic carbocycles. The van der Waals surface area contributed by atoms with Crippen LogP contribution < -0.4 is 0 Å². The van der Waals surface area contributed by atoms with Gasteiger partial charge in [-0.1, -0.05) is 0 Å². The summed E-state index contributed by atoms with van der Waals surface area (Å²) in [6, 6.07) is -0.850. The van der Waals surface area contributed by atoms with Crippen molar-refractivity contribution in [3.63, 3.8) is 0 Å². The van der Waals surface area contributed by atoms with E-state index in [4.69, 9.17) is 9.47 Å². The third kappa shape index (κ3) is 4.45. The van der Waals surface area contributed by atoms with Gasteiger partial charge >= 0.3 is 12.1 Å². The van der Waals surface area contributed by atoms with Gasteiger partial charge in [-0.2, -0.15) is 0 Å². The molecule has 1 aliphatic heterocycles. The van der Waals surface area contributed by atoms with Crippen LogP contribution in [0.2, 0.25) is 0 Å². The summed E-state index contributed by atoms with van der Waals surface area (Å²) >= 11 is 0. The quantitative estimate of drug-likeness (QED) is 0.732. The number of nitrogens with zero attached hydrogens (tertiary/aromatic N) is 1. The molecule has 6 heteroatoms. The number of ether oxygens (including phenoxy) is 2. The summed E-state index contributed by atoms with van der Waals surface area (Å²) in [6.45, 7) is 5.52. The largest absolute Gasteiger partial charge is 0.461 e. The van der Waals surface area contributed by atoms with Crippen LogP contribution in [0.5, 0.6) is 0 Å². The summed E-state index contributed by atoms with van der Waals surface area (Å²) < 4.78 is 10.8. The molecular weight excluding hydrogens is 286 g/mol. The Bertz CT molecular complexity index is 448. The molecule has 1 aliphatic carbocycles. The molecule has 2 fully saturated rings. The van der Waals surface area contributed by atoms with Crippen molar-refractivity contribution in [1.29, 1.82) is 0 Å². The highest BCUT2D eigenvalue weighted by atomic mass is 16.6. The zero-order valence-corrected chi connectivity index (χ0v) is 13.6. The zero-order valence-electron chi connectivity index (χ0n) is 13.6. The molecule has 124 valence electrons. The van der Waals surface area contributed by atoms with E-state index < -0.39 is 23.7 Å². The molecule has 0 aromatic rings. The summed E-state index contributed by atoms with van der Waals surface area (Å²) in [5.41, 5.74) is -0.640. The molecule has 22 heavy (non-hydrogen) atoms. The normalized spacial score (nSPS) is 23.5. The van der Waals surface area contributed by atoms with E-state index >= 15 is 0 Å². The van der Waals surface area contributed by atoms with Gasteiger partial charge in [-0.25, -0.2) is 9.59 Å². The lowest BCUT2D eigenvalue weighted by Gasteiger charge is -2.35. The summed E-state index contributed by atoms with van der Waals surface area (Å²) in [5.74, 6) is -0.501. The first-order chi connectivity index (χ1) is 10.3. The van der Waals surface area contributed by atoms with Crippen LogP contribution in [0.1, 0.15) is 59.3 Å². The Balaban J connectivity index is 2.03. The van der Waals surface area contributed by atoms with Crippen molar-refractivity contribution in [2.45, 2.75) is 77.0 Å². The molecule has 6 nitrogen and oxygen atoms in total. The molecule has 1 saturated heterocycles. The van der Waals surface area contributed by atoms with Gasteiger partial charge in [0.05, 0.1) is 0 Å². The number of ketones is 1. The average Bonchev–Trinajstić information content (AvgIpc) is 2.89. The van der Waals surface area contributed by atoms with E-state index in [1.807, 2.05) is 0 Å². The zero-order chi connectivity index (χ0) is 16.3. The number of amides is 1. The molecule has 0 radical (unpaired) electrons. The van der Waals surface area contributed by atoms with Crippen molar-refractivity contribution < 1.29 is 23.9 Å². The van der Waals surface area contributed by atoms with Gasteiger partial charge in [-0.15, -0.1) is 0 Å². The van der Waals surface area contributed by atoms with Crippen LogP contribution in [-0.2, 0) is 19.1 Å². The molecule has 2 rings (SSSR count). The minimum Gasteiger partial charge on any atom is -0.461 e. The van der Waals surface area contributed by atoms with Gasteiger partial charge in [0.2, 0.25) is 0 Å². The van der Waals surface area contributed by atoms with E-state index in [1.165, 1.54) is 4.90 Å². The van der Waals surface area contributed by atoms with Crippen molar-refractivity contribution in [2.24, 2.45) is 0 Å². The molecule has 1 heterocycles. The summed E-state index contributed by atoms with van der Waals surface area (Å²) in [4.78, 5) is 37.6. The molecule has 2 aliphatic rings. The third-order valence-corrected chi connectivity index (χ3v) is 3.91. The Hall–Kier alpha value is -1.59. The van der Waals surface area contributed by atoms with Crippen LogP contribution in [0.15, 0.2) is 0 Å². The Morgan fingerprint density at radius 3 is 2.41 bits per heavy atom. The fraction of sp³-hybridized carbons (Fsp3) is 0.812. The molecule has 0 spiro atoms. The Morgan fingerprint density at radius 2 is 1.82 bits per heavy atom. The maximum absolute atomic E-state index is 12.4. The second-order valence-corrected chi connectivity index (χ2v) is 7.03. The summed E-state index contributed by atoms with van der Waals surface area (Å²) in [7, 11) is 0. The average molecular weight is 311 g/mol. The number of esters is 1. The third-order valence-electron chi connectivity index (χ3n) is 3.91. The highest BCUT2D eigenvalue weighted by Crippen LogP contribution is 2.24. The fourth-order valence-corrected chi connectivity index (χ4v) is 2.83. The van der Waals surface area contributed by atoms with Crippen molar-refractivity contribution in [1.82, 2.24) is 4.90 Å². The van der Waals surface area contributed by atoms with Crippen LogP contribution in [0.25, 0.3) is 0 Å². The minimum atomic E-state index is -0.850.